The lowest BCUT2D eigenvalue weighted by molar-refractivity contribution is -0.136. The summed E-state index contributed by atoms with van der Waals surface area (Å²) in [4.78, 5) is 17.4. The van der Waals surface area contributed by atoms with Crippen molar-refractivity contribution in [2.45, 2.75) is 68.7 Å². The summed E-state index contributed by atoms with van der Waals surface area (Å²) in [5.41, 5.74) is 4.86. The fraction of sp³-hybridized carbons (Fsp3) is 0.312. The number of benzene rings is 3. The van der Waals surface area contributed by atoms with E-state index in [1.165, 1.54) is 43.9 Å². The van der Waals surface area contributed by atoms with Crippen LogP contribution in [0, 0.1) is 0 Å². The minimum Gasteiger partial charge on any atom is -0.480 e. The molecule has 37 heavy (non-hydrogen) atoms. The van der Waals surface area contributed by atoms with Crippen molar-refractivity contribution >= 4 is 17.7 Å². The second-order valence-electron chi connectivity index (χ2n) is 9.35. The molecule has 4 aromatic rings. The Labute approximate surface area is 224 Å². The predicted molar refractivity (Wildman–Crippen MR) is 154 cm³/mol. The van der Waals surface area contributed by atoms with Gasteiger partial charge in [0.2, 0.25) is 0 Å². The van der Waals surface area contributed by atoms with Crippen molar-refractivity contribution in [3.05, 3.63) is 91.0 Å². The van der Waals surface area contributed by atoms with Crippen molar-refractivity contribution < 1.29 is 9.90 Å². The maximum Gasteiger partial charge on any atom is 0.317 e. The van der Waals surface area contributed by atoms with Gasteiger partial charge in [-0.05, 0) is 18.6 Å². The summed E-state index contributed by atoms with van der Waals surface area (Å²) in [5, 5.41) is 10.3. The maximum absolute atomic E-state index is 12.3. The van der Waals surface area contributed by atoms with Crippen LogP contribution in [0.3, 0.4) is 0 Å². The van der Waals surface area contributed by atoms with E-state index in [1.54, 1.807) is 0 Å². The SMILES string of the molecule is CCCCCCCCCC(Sc1nc(-c2ccccc2)c(-c2ccccc2)n1-c1ccccc1)C(=O)O. The Bertz CT molecular complexity index is 1240. The number of aromatic nitrogens is 2. The molecule has 0 saturated heterocycles. The highest BCUT2D eigenvalue weighted by atomic mass is 32.2. The number of carboxylic acids is 1. The van der Waals surface area contributed by atoms with Gasteiger partial charge in [0.05, 0.1) is 11.4 Å². The highest BCUT2D eigenvalue weighted by Crippen LogP contribution is 2.39. The molecule has 3 aromatic carbocycles. The topological polar surface area (TPSA) is 55.1 Å². The second-order valence-corrected chi connectivity index (χ2v) is 10.5. The molecule has 1 aromatic heterocycles. The van der Waals surface area contributed by atoms with Gasteiger partial charge in [0, 0.05) is 16.8 Å². The van der Waals surface area contributed by atoms with E-state index in [0.717, 1.165) is 41.0 Å². The molecule has 0 bridgehead atoms. The number of carbonyl (C=O) groups is 1. The van der Waals surface area contributed by atoms with Crippen LogP contribution in [0.15, 0.2) is 96.2 Å². The predicted octanol–water partition coefficient (Wildman–Crippen LogP) is 8.89. The van der Waals surface area contributed by atoms with Gasteiger partial charge in [-0.3, -0.25) is 9.36 Å². The van der Waals surface area contributed by atoms with Crippen LogP contribution in [-0.2, 0) is 4.79 Å². The number of thioether (sulfide) groups is 1. The molecule has 0 saturated carbocycles. The zero-order valence-corrected chi connectivity index (χ0v) is 22.4. The minimum atomic E-state index is -0.777. The van der Waals surface area contributed by atoms with Gasteiger partial charge in [-0.25, -0.2) is 4.98 Å². The molecular formula is C32H36N2O2S. The van der Waals surface area contributed by atoms with Gasteiger partial charge in [0.25, 0.3) is 0 Å². The molecule has 0 aliphatic rings. The van der Waals surface area contributed by atoms with Crippen molar-refractivity contribution in [2.75, 3.05) is 0 Å². The van der Waals surface area contributed by atoms with Gasteiger partial charge >= 0.3 is 5.97 Å². The number of rotatable bonds is 14. The molecule has 4 rings (SSSR count). The molecule has 0 radical (unpaired) electrons. The fourth-order valence-electron chi connectivity index (χ4n) is 4.60. The molecule has 0 spiro atoms. The summed E-state index contributed by atoms with van der Waals surface area (Å²) in [5.74, 6) is -0.777. The van der Waals surface area contributed by atoms with Crippen molar-refractivity contribution in [3.8, 4) is 28.2 Å². The van der Waals surface area contributed by atoms with Crippen LogP contribution in [0.25, 0.3) is 28.2 Å². The first-order valence-corrected chi connectivity index (χ1v) is 14.3. The zero-order chi connectivity index (χ0) is 25.9. The van der Waals surface area contributed by atoms with Gasteiger partial charge in [-0.2, -0.15) is 0 Å². The number of imidazole rings is 1. The molecule has 5 heteroatoms. The summed E-state index contributed by atoms with van der Waals surface area (Å²) in [6, 6.07) is 30.5. The Kier molecular flexibility index (Phi) is 10.0. The lowest BCUT2D eigenvalue weighted by Gasteiger charge is -2.16. The van der Waals surface area contributed by atoms with Crippen molar-refractivity contribution in [1.29, 1.82) is 0 Å². The van der Waals surface area contributed by atoms with E-state index in [0.29, 0.717) is 11.6 Å². The molecule has 1 unspecified atom stereocenters. The minimum absolute atomic E-state index is 0.548. The summed E-state index contributed by atoms with van der Waals surface area (Å²) in [7, 11) is 0. The lowest BCUT2D eigenvalue weighted by Crippen LogP contribution is -2.17. The van der Waals surface area contributed by atoms with Crippen molar-refractivity contribution in [1.82, 2.24) is 9.55 Å². The highest BCUT2D eigenvalue weighted by molar-refractivity contribution is 8.00. The number of hydrogen-bond acceptors (Lipinski definition) is 3. The Hall–Kier alpha value is -3.31. The molecule has 0 fully saturated rings. The summed E-state index contributed by atoms with van der Waals surface area (Å²) in [6.07, 6.45) is 8.82. The van der Waals surface area contributed by atoms with Crippen LogP contribution in [-0.4, -0.2) is 25.9 Å². The quantitative estimate of drug-likeness (QED) is 0.135. The molecule has 0 amide bonds. The first-order valence-electron chi connectivity index (χ1n) is 13.4. The number of hydrogen-bond donors (Lipinski definition) is 1. The van der Waals surface area contributed by atoms with E-state index in [4.69, 9.17) is 4.98 Å². The highest BCUT2D eigenvalue weighted by Gasteiger charge is 2.26. The van der Waals surface area contributed by atoms with Gasteiger partial charge in [0.15, 0.2) is 5.16 Å². The Morgan fingerprint density at radius 3 is 1.92 bits per heavy atom. The monoisotopic (exact) mass is 512 g/mol. The van der Waals surface area contributed by atoms with Gasteiger partial charge in [-0.1, -0.05) is 142 Å². The Balaban J connectivity index is 1.70. The zero-order valence-electron chi connectivity index (χ0n) is 21.6. The normalized spacial score (nSPS) is 11.9. The first-order chi connectivity index (χ1) is 18.2. The van der Waals surface area contributed by atoms with Crippen LogP contribution in [0.5, 0.6) is 0 Å². The first kappa shape index (κ1) is 26.7. The molecule has 4 nitrogen and oxygen atoms in total. The molecule has 1 heterocycles. The molecular weight excluding hydrogens is 476 g/mol. The third-order valence-electron chi connectivity index (χ3n) is 6.55. The van der Waals surface area contributed by atoms with Crippen molar-refractivity contribution in [2.24, 2.45) is 0 Å². The average Bonchev–Trinajstić information content (AvgIpc) is 3.32. The van der Waals surface area contributed by atoms with E-state index < -0.39 is 11.2 Å². The van der Waals surface area contributed by atoms with E-state index in [1.807, 2.05) is 54.6 Å². The number of carboxylic acid groups (broad SMARTS) is 1. The van der Waals surface area contributed by atoms with E-state index in [2.05, 4.69) is 47.9 Å². The van der Waals surface area contributed by atoms with Crippen LogP contribution in [0.2, 0.25) is 0 Å². The summed E-state index contributed by atoms with van der Waals surface area (Å²) in [6.45, 7) is 2.22. The summed E-state index contributed by atoms with van der Waals surface area (Å²) < 4.78 is 2.13. The number of nitrogens with zero attached hydrogens (tertiary/aromatic N) is 2. The van der Waals surface area contributed by atoms with Crippen LogP contribution in [0.1, 0.15) is 58.3 Å². The average molecular weight is 513 g/mol. The number of unbranched alkanes of at least 4 members (excludes halogenated alkanes) is 6. The van der Waals surface area contributed by atoms with E-state index in [9.17, 15) is 9.90 Å². The summed E-state index contributed by atoms with van der Waals surface area (Å²) >= 11 is 1.37. The molecule has 1 N–H and O–H groups in total. The van der Waals surface area contributed by atoms with Gasteiger partial charge in [0.1, 0.15) is 5.25 Å². The molecule has 1 atom stereocenters. The number of aliphatic carboxylic acids is 1. The van der Waals surface area contributed by atoms with Crippen LogP contribution >= 0.6 is 11.8 Å². The third-order valence-corrected chi connectivity index (χ3v) is 7.75. The molecule has 0 aliphatic carbocycles. The van der Waals surface area contributed by atoms with Crippen molar-refractivity contribution in [3.63, 3.8) is 0 Å². The smallest absolute Gasteiger partial charge is 0.317 e. The lowest BCUT2D eigenvalue weighted by atomic mass is 10.0. The number of para-hydroxylation sites is 1. The van der Waals surface area contributed by atoms with Gasteiger partial charge < -0.3 is 5.11 Å². The van der Waals surface area contributed by atoms with E-state index in [-0.39, 0.29) is 0 Å². The second kappa shape index (κ2) is 13.8. The third kappa shape index (κ3) is 7.14. The van der Waals surface area contributed by atoms with Crippen LogP contribution < -0.4 is 0 Å². The Morgan fingerprint density at radius 2 is 1.32 bits per heavy atom. The largest absolute Gasteiger partial charge is 0.480 e. The van der Waals surface area contributed by atoms with Crippen LogP contribution in [0.4, 0.5) is 0 Å². The van der Waals surface area contributed by atoms with E-state index >= 15 is 0 Å². The molecule has 0 aliphatic heterocycles. The fourth-order valence-corrected chi connectivity index (χ4v) is 5.69. The Morgan fingerprint density at radius 1 is 0.784 bits per heavy atom. The standard InChI is InChI=1S/C32H36N2O2S/c1-2-3-4-5-6-7-17-24-28(31(35)36)37-32-33-29(25-18-11-8-12-19-25)30(26-20-13-9-14-21-26)34(32)27-22-15-10-16-23-27/h8-16,18-23,28H,2-7,17,24H2,1H3,(H,35,36). The van der Waals surface area contributed by atoms with Gasteiger partial charge in [-0.15, -0.1) is 0 Å². The molecule has 192 valence electrons. The maximum atomic E-state index is 12.3.